The molecule has 3 rings (SSSR count). The molecule has 1 aromatic carbocycles. The van der Waals surface area contributed by atoms with Gasteiger partial charge < -0.3 is 0 Å². The molecule has 112 valence electrons. The minimum absolute atomic E-state index is 0.113. The number of aromatic nitrogens is 2. The Hall–Kier alpha value is -1.69. The first-order valence-corrected chi connectivity index (χ1v) is 7.97. The van der Waals surface area contributed by atoms with Gasteiger partial charge in [-0.25, -0.2) is 4.98 Å². The maximum atomic E-state index is 12.4. The topological polar surface area (TPSA) is 52.0 Å². The second-order valence-electron chi connectivity index (χ2n) is 4.80. The molecule has 0 aliphatic carbocycles. The molecule has 2 heterocycles. The zero-order valence-corrected chi connectivity index (χ0v) is 13.8. The number of thiophene rings is 1. The first-order chi connectivity index (χ1) is 10.5. The Morgan fingerprint density at radius 3 is 2.82 bits per heavy atom. The van der Waals surface area contributed by atoms with Crippen LogP contribution in [0.4, 0.5) is 0 Å². The van der Waals surface area contributed by atoms with Crippen molar-refractivity contribution in [2.24, 2.45) is 0 Å². The van der Waals surface area contributed by atoms with Gasteiger partial charge in [0, 0.05) is 15.5 Å². The average molecular weight is 353 g/mol. The van der Waals surface area contributed by atoms with Crippen molar-refractivity contribution in [3.8, 4) is 0 Å². The molecule has 0 saturated carbocycles. The van der Waals surface area contributed by atoms with Gasteiger partial charge in [0.15, 0.2) is 5.78 Å². The van der Waals surface area contributed by atoms with Crippen LogP contribution in [0.2, 0.25) is 10.0 Å². The van der Waals surface area contributed by atoms with Gasteiger partial charge >= 0.3 is 0 Å². The van der Waals surface area contributed by atoms with E-state index in [1.165, 1.54) is 28.3 Å². The summed E-state index contributed by atoms with van der Waals surface area (Å²) >= 11 is 13.3. The number of benzene rings is 1. The van der Waals surface area contributed by atoms with Crippen LogP contribution in [0.25, 0.3) is 10.2 Å². The van der Waals surface area contributed by atoms with Gasteiger partial charge in [-0.15, -0.1) is 11.3 Å². The van der Waals surface area contributed by atoms with Gasteiger partial charge in [-0.3, -0.25) is 14.2 Å². The highest BCUT2D eigenvalue weighted by molar-refractivity contribution is 7.18. The fourth-order valence-electron chi connectivity index (χ4n) is 2.15. The molecule has 3 aromatic rings. The largest absolute Gasteiger partial charge is 0.292 e. The van der Waals surface area contributed by atoms with E-state index in [-0.39, 0.29) is 22.9 Å². The van der Waals surface area contributed by atoms with Crippen LogP contribution in [0.15, 0.2) is 35.4 Å². The van der Waals surface area contributed by atoms with E-state index in [2.05, 4.69) is 4.98 Å². The SMILES string of the molecule is Cc1cc2c(=O)n(CC(=O)c3ccc(Cl)cc3Cl)cnc2s1. The minimum atomic E-state index is -0.267. The summed E-state index contributed by atoms with van der Waals surface area (Å²) in [5.41, 5.74) is 0.104. The number of Topliss-reactive ketones (excluding diaryl/α,β-unsaturated/α-hetero) is 1. The highest BCUT2D eigenvalue weighted by atomic mass is 35.5. The Bertz CT molecular complexity index is 946. The number of fused-ring (bicyclic) bond motifs is 1. The molecular weight excluding hydrogens is 343 g/mol. The van der Waals surface area contributed by atoms with Crippen LogP contribution in [0, 0.1) is 6.92 Å². The molecule has 0 aliphatic heterocycles. The minimum Gasteiger partial charge on any atom is -0.292 e. The molecule has 0 N–H and O–H groups in total. The molecule has 0 spiro atoms. The van der Waals surface area contributed by atoms with Crippen molar-refractivity contribution >= 4 is 50.5 Å². The summed E-state index contributed by atoms with van der Waals surface area (Å²) in [5, 5.41) is 1.25. The first kappa shape index (κ1) is 15.2. The van der Waals surface area contributed by atoms with Crippen LogP contribution in [0.1, 0.15) is 15.2 Å². The number of rotatable bonds is 3. The summed E-state index contributed by atoms with van der Waals surface area (Å²) in [6, 6.07) is 6.43. The molecule has 22 heavy (non-hydrogen) atoms. The number of halogens is 2. The highest BCUT2D eigenvalue weighted by Crippen LogP contribution is 2.22. The van der Waals surface area contributed by atoms with Crippen molar-refractivity contribution in [2.45, 2.75) is 13.5 Å². The molecule has 7 heteroatoms. The van der Waals surface area contributed by atoms with Crippen molar-refractivity contribution in [1.29, 1.82) is 0 Å². The number of carbonyl (C=O) groups excluding carboxylic acids is 1. The smallest absolute Gasteiger partial charge is 0.262 e. The normalized spacial score (nSPS) is 11.0. The Morgan fingerprint density at radius 2 is 2.09 bits per heavy atom. The lowest BCUT2D eigenvalue weighted by Gasteiger charge is -2.06. The lowest BCUT2D eigenvalue weighted by molar-refractivity contribution is 0.0971. The van der Waals surface area contributed by atoms with E-state index in [0.717, 1.165) is 4.88 Å². The molecule has 0 atom stereocenters. The van der Waals surface area contributed by atoms with Crippen molar-refractivity contribution in [3.63, 3.8) is 0 Å². The standard InChI is InChI=1S/C15H10Cl2N2O2S/c1-8-4-11-14(22-8)18-7-19(15(11)21)6-13(20)10-3-2-9(16)5-12(10)17/h2-5,7H,6H2,1H3. The quantitative estimate of drug-likeness (QED) is 0.670. The molecule has 0 aliphatic rings. The molecular formula is C15H10Cl2N2O2S. The van der Waals surface area contributed by atoms with Crippen molar-refractivity contribution in [3.05, 3.63) is 61.4 Å². The van der Waals surface area contributed by atoms with Crippen molar-refractivity contribution < 1.29 is 4.79 Å². The second kappa shape index (κ2) is 5.83. The zero-order valence-electron chi connectivity index (χ0n) is 11.5. The van der Waals surface area contributed by atoms with E-state index < -0.39 is 0 Å². The number of ketones is 1. The van der Waals surface area contributed by atoms with Crippen LogP contribution in [0.5, 0.6) is 0 Å². The van der Waals surface area contributed by atoms with Crippen molar-refractivity contribution in [2.75, 3.05) is 0 Å². The second-order valence-corrected chi connectivity index (χ2v) is 6.88. The summed E-state index contributed by atoms with van der Waals surface area (Å²) in [6.45, 7) is 1.80. The lowest BCUT2D eigenvalue weighted by Crippen LogP contribution is -2.24. The van der Waals surface area contributed by atoms with Crippen LogP contribution in [-0.2, 0) is 6.54 Å². The van der Waals surface area contributed by atoms with E-state index in [1.54, 1.807) is 18.2 Å². The predicted molar refractivity (Wildman–Crippen MR) is 89.4 cm³/mol. The summed E-state index contributed by atoms with van der Waals surface area (Å²) in [5.74, 6) is -0.267. The van der Waals surface area contributed by atoms with E-state index in [4.69, 9.17) is 23.2 Å². The van der Waals surface area contributed by atoms with E-state index >= 15 is 0 Å². The van der Waals surface area contributed by atoms with Crippen LogP contribution in [-0.4, -0.2) is 15.3 Å². The first-order valence-electron chi connectivity index (χ1n) is 6.39. The summed E-state index contributed by atoms with van der Waals surface area (Å²) in [6.07, 6.45) is 1.39. The maximum Gasteiger partial charge on any atom is 0.262 e. The van der Waals surface area contributed by atoms with Crippen LogP contribution in [0.3, 0.4) is 0 Å². The number of carbonyl (C=O) groups is 1. The molecule has 0 bridgehead atoms. The van der Waals surface area contributed by atoms with Gasteiger partial charge in [-0.1, -0.05) is 23.2 Å². The van der Waals surface area contributed by atoms with Crippen LogP contribution >= 0.6 is 34.5 Å². The molecule has 0 radical (unpaired) electrons. The van der Waals surface area contributed by atoms with Gasteiger partial charge in [-0.05, 0) is 31.2 Å². The number of aryl methyl sites for hydroxylation is 1. The average Bonchev–Trinajstić information content (AvgIpc) is 2.83. The summed E-state index contributed by atoms with van der Waals surface area (Å²) in [4.78, 5) is 30.6. The summed E-state index contributed by atoms with van der Waals surface area (Å²) in [7, 11) is 0. The third-order valence-corrected chi connectivity index (χ3v) is 4.69. The Labute approximate surface area is 139 Å². The van der Waals surface area contributed by atoms with Gasteiger partial charge in [0.25, 0.3) is 5.56 Å². The molecule has 0 unspecified atom stereocenters. The Balaban J connectivity index is 1.97. The van der Waals surface area contributed by atoms with E-state index in [9.17, 15) is 9.59 Å². The number of hydrogen-bond donors (Lipinski definition) is 0. The number of hydrogen-bond acceptors (Lipinski definition) is 4. The fourth-order valence-corrected chi connectivity index (χ4v) is 3.50. The van der Waals surface area contributed by atoms with E-state index in [1.807, 2.05) is 6.92 Å². The molecule has 2 aromatic heterocycles. The predicted octanol–water partition coefficient (Wildman–Crippen LogP) is 3.96. The monoisotopic (exact) mass is 352 g/mol. The van der Waals surface area contributed by atoms with Crippen LogP contribution < -0.4 is 5.56 Å². The van der Waals surface area contributed by atoms with Gasteiger partial charge in [0.1, 0.15) is 4.83 Å². The zero-order chi connectivity index (χ0) is 15.9. The van der Waals surface area contributed by atoms with Crippen molar-refractivity contribution in [1.82, 2.24) is 9.55 Å². The summed E-state index contributed by atoms with van der Waals surface area (Å²) < 4.78 is 1.29. The Kier molecular flexibility index (Phi) is 4.04. The molecule has 4 nitrogen and oxygen atoms in total. The maximum absolute atomic E-state index is 12.4. The molecule has 0 fully saturated rings. The number of nitrogens with zero attached hydrogens (tertiary/aromatic N) is 2. The third-order valence-electron chi connectivity index (χ3n) is 3.19. The fraction of sp³-hybridized carbons (Fsp3) is 0.133. The lowest BCUT2D eigenvalue weighted by atomic mass is 10.1. The van der Waals surface area contributed by atoms with Gasteiger partial charge in [-0.2, -0.15) is 0 Å². The molecule has 0 amide bonds. The Morgan fingerprint density at radius 1 is 1.32 bits per heavy atom. The highest BCUT2D eigenvalue weighted by Gasteiger charge is 2.14. The van der Waals surface area contributed by atoms with E-state index in [0.29, 0.717) is 20.8 Å². The van der Waals surface area contributed by atoms with Gasteiger partial charge in [0.2, 0.25) is 0 Å². The third kappa shape index (κ3) is 2.79. The molecule has 0 saturated heterocycles. The van der Waals surface area contributed by atoms with Gasteiger partial charge in [0.05, 0.1) is 23.3 Å².